The van der Waals surface area contributed by atoms with Crippen LogP contribution in [0.15, 0.2) is 0 Å². The minimum atomic E-state index is -0.189. The SMILES string of the molecule is CCNC(=O)Nc1nnc(C23CC4CC(CC(C4)C2)C3)s1. The lowest BCUT2D eigenvalue weighted by atomic mass is 9.50. The number of hydrogen-bond acceptors (Lipinski definition) is 4. The quantitative estimate of drug-likeness (QED) is 0.901. The molecule has 4 saturated carbocycles. The van der Waals surface area contributed by atoms with Gasteiger partial charge in [-0.2, -0.15) is 0 Å². The van der Waals surface area contributed by atoms with Crippen molar-refractivity contribution >= 4 is 22.5 Å². The standard InChI is InChI=1S/C15H22N4OS/c1-2-16-13(20)17-14-19-18-12(21-14)15-6-9-3-10(7-15)5-11(4-9)8-15/h9-11H,2-8H2,1H3,(H2,16,17,19,20). The predicted octanol–water partition coefficient (Wildman–Crippen LogP) is 3.15. The first-order chi connectivity index (χ1) is 10.2. The molecule has 0 atom stereocenters. The molecule has 0 saturated heterocycles. The highest BCUT2D eigenvalue weighted by Crippen LogP contribution is 2.61. The molecule has 5 rings (SSSR count). The first-order valence-corrected chi connectivity index (χ1v) is 8.87. The highest BCUT2D eigenvalue weighted by Gasteiger charge is 2.53. The first-order valence-electron chi connectivity index (χ1n) is 8.06. The number of hydrogen-bond donors (Lipinski definition) is 2. The molecule has 0 aliphatic heterocycles. The second-order valence-electron chi connectivity index (χ2n) is 7.09. The van der Waals surface area contributed by atoms with Crippen LogP contribution in [0, 0.1) is 17.8 Å². The second kappa shape index (κ2) is 4.93. The normalized spacial score (nSPS) is 36.7. The molecule has 6 heteroatoms. The summed E-state index contributed by atoms with van der Waals surface area (Å²) in [7, 11) is 0. The number of carbonyl (C=O) groups is 1. The first kappa shape index (κ1) is 13.5. The summed E-state index contributed by atoms with van der Waals surface area (Å²) in [5, 5.41) is 15.9. The molecular weight excluding hydrogens is 284 g/mol. The number of nitrogens with one attached hydrogen (secondary N) is 2. The summed E-state index contributed by atoms with van der Waals surface area (Å²) in [5.41, 5.74) is 0.271. The fourth-order valence-corrected chi connectivity index (χ4v) is 6.12. The maximum absolute atomic E-state index is 11.6. The van der Waals surface area contributed by atoms with E-state index in [1.165, 1.54) is 38.5 Å². The van der Waals surface area contributed by atoms with Crippen molar-refractivity contribution < 1.29 is 4.79 Å². The van der Waals surface area contributed by atoms with Crippen molar-refractivity contribution in [2.24, 2.45) is 17.8 Å². The van der Waals surface area contributed by atoms with Crippen LogP contribution in [-0.2, 0) is 5.41 Å². The van der Waals surface area contributed by atoms with Gasteiger partial charge in [0.15, 0.2) is 0 Å². The summed E-state index contributed by atoms with van der Waals surface area (Å²) in [6, 6.07) is -0.189. The van der Waals surface area contributed by atoms with E-state index in [0.717, 1.165) is 22.8 Å². The van der Waals surface area contributed by atoms with Crippen molar-refractivity contribution in [3.63, 3.8) is 0 Å². The van der Waals surface area contributed by atoms with Gasteiger partial charge < -0.3 is 5.32 Å². The van der Waals surface area contributed by atoms with Gasteiger partial charge in [-0.25, -0.2) is 4.79 Å². The van der Waals surface area contributed by atoms with Crippen molar-refractivity contribution in [1.29, 1.82) is 0 Å². The van der Waals surface area contributed by atoms with Crippen LogP contribution in [0.3, 0.4) is 0 Å². The molecule has 0 unspecified atom stereocenters. The lowest BCUT2D eigenvalue weighted by molar-refractivity contribution is -0.00555. The molecule has 4 bridgehead atoms. The van der Waals surface area contributed by atoms with Crippen LogP contribution in [0.4, 0.5) is 9.93 Å². The molecule has 5 nitrogen and oxygen atoms in total. The Morgan fingerprint density at radius 3 is 2.38 bits per heavy atom. The van der Waals surface area contributed by atoms with Crippen LogP contribution in [0.2, 0.25) is 0 Å². The van der Waals surface area contributed by atoms with E-state index in [1.807, 2.05) is 6.92 Å². The molecule has 0 spiro atoms. The summed E-state index contributed by atoms with van der Waals surface area (Å²) in [5.74, 6) is 2.71. The van der Waals surface area contributed by atoms with Crippen LogP contribution in [0.1, 0.15) is 50.5 Å². The number of nitrogens with zero attached hydrogens (tertiary/aromatic N) is 2. The average molecular weight is 306 g/mol. The molecular formula is C15H22N4OS. The summed E-state index contributed by atoms with van der Waals surface area (Å²) in [6.07, 6.45) is 8.16. The van der Waals surface area contributed by atoms with E-state index in [4.69, 9.17) is 0 Å². The van der Waals surface area contributed by atoms with E-state index in [1.54, 1.807) is 11.3 Å². The highest BCUT2D eigenvalue weighted by atomic mass is 32.1. The summed E-state index contributed by atoms with van der Waals surface area (Å²) < 4.78 is 0. The Morgan fingerprint density at radius 2 is 1.81 bits per heavy atom. The third kappa shape index (κ3) is 2.33. The van der Waals surface area contributed by atoms with Gasteiger partial charge in [0.1, 0.15) is 5.01 Å². The van der Waals surface area contributed by atoms with Crippen molar-refractivity contribution in [2.45, 2.75) is 50.9 Å². The smallest absolute Gasteiger partial charge is 0.321 e. The molecule has 1 aromatic rings. The Bertz CT molecular complexity index is 520. The van der Waals surface area contributed by atoms with Crippen molar-refractivity contribution in [3.05, 3.63) is 5.01 Å². The lowest BCUT2D eigenvalue weighted by Gasteiger charge is -2.55. The number of amides is 2. The lowest BCUT2D eigenvalue weighted by Crippen LogP contribution is -2.48. The molecule has 21 heavy (non-hydrogen) atoms. The minimum absolute atomic E-state index is 0.189. The Hall–Kier alpha value is -1.17. The Balaban J connectivity index is 1.54. The monoisotopic (exact) mass is 306 g/mol. The fourth-order valence-electron chi connectivity index (χ4n) is 5.16. The zero-order valence-corrected chi connectivity index (χ0v) is 13.2. The van der Waals surface area contributed by atoms with Gasteiger partial charge >= 0.3 is 6.03 Å². The van der Waals surface area contributed by atoms with Crippen LogP contribution >= 0.6 is 11.3 Å². The third-order valence-electron chi connectivity index (χ3n) is 5.47. The number of carbonyl (C=O) groups excluding carboxylic acids is 1. The van der Waals surface area contributed by atoms with Gasteiger partial charge in [0.25, 0.3) is 0 Å². The molecule has 4 aliphatic rings. The minimum Gasteiger partial charge on any atom is -0.338 e. The number of anilines is 1. The Labute approximate surface area is 128 Å². The molecule has 0 aromatic carbocycles. The number of aromatic nitrogens is 2. The van der Waals surface area contributed by atoms with Crippen LogP contribution < -0.4 is 10.6 Å². The van der Waals surface area contributed by atoms with Gasteiger partial charge in [0.2, 0.25) is 5.13 Å². The molecule has 1 aromatic heterocycles. The topological polar surface area (TPSA) is 66.9 Å². The van der Waals surface area contributed by atoms with E-state index in [9.17, 15) is 4.79 Å². The maximum Gasteiger partial charge on any atom is 0.321 e. The molecule has 4 fully saturated rings. The van der Waals surface area contributed by atoms with E-state index in [-0.39, 0.29) is 11.4 Å². The van der Waals surface area contributed by atoms with Crippen LogP contribution in [0.25, 0.3) is 0 Å². The zero-order valence-electron chi connectivity index (χ0n) is 12.4. The highest BCUT2D eigenvalue weighted by molar-refractivity contribution is 7.15. The van der Waals surface area contributed by atoms with Gasteiger partial charge in [0, 0.05) is 12.0 Å². The molecule has 114 valence electrons. The van der Waals surface area contributed by atoms with E-state index >= 15 is 0 Å². The third-order valence-corrected chi connectivity index (χ3v) is 6.56. The molecule has 1 heterocycles. The molecule has 2 N–H and O–H groups in total. The van der Waals surface area contributed by atoms with Crippen molar-refractivity contribution in [1.82, 2.24) is 15.5 Å². The molecule has 4 aliphatic carbocycles. The molecule has 0 radical (unpaired) electrons. The fraction of sp³-hybridized carbons (Fsp3) is 0.800. The largest absolute Gasteiger partial charge is 0.338 e. The summed E-state index contributed by atoms with van der Waals surface area (Å²) >= 11 is 1.58. The van der Waals surface area contributed by atoms with Gasteiger partial charge in [-0.15, -0.1) is 10.2 Å². The van der Waals surface area contributed by atoms with E-state index in [2.05, 4.69) is 20.8 Å². The molecule has 2 amide bonds. The number of urea groups is 1. The van der Waals surface area contributed by atoms with Crippen LogP contribution in [0.5, 0.6) is 0 Å². The Morgan fingerprint density at radius 1 is 1.19 bits per heavy atom. The summed E-state index contributed by atoms with van der Waals surface area (Å²) in [6.45, 7) is 2.52. The van der Waals surface area contributed by atoms with Crippen molar-refractivity contribution in [2.75, 3.05) is 11.9 Å². The average Bonchev–Trinajstić information content (AvgIpc) is 2.86. The zero-order chi connectivity index (χ0) is 14.4. The van der Waals surface area contributed by atoms with Gasteiger partial charge in [-0.05, 0) is 63.2 Å². The van der Waals surface area contributed by atoms with Crippen LogP contribution in [-0.4, -0.2) is 22.8 Å². The van der Waals surface area contributed by atoms with Crippen molar-refractivity contribution in [3.8, 4) is 0 Å². The predicted molar refractivity (Wildman–Crippen MR) is 82.5 cm³/mol. The maximum atomic E-state index is 11.6. The van der Waals surface area contributed by atoms with Gasteiger partial charge in [0.05, 0.1) is 0 Å². The van der Waals surface area contributed by atoms with E-state index < -0.39 is 0 Å². The van der Waals surface area contributed by atoms with E-state index in [0.29, 0.717) is 11.7 Å². The number of rotatable bonds is 3. The second-order valence-corrected chi connectivity index (χ2v) is 8.07. The summed E-state index contributed by atoms with van der Waals surface area (Å²) in [4.78, 5) is 11.6. The van der Waals surface area contributed by atoms with Gasteiger partial charge in [-0.3, -0.25) is 5.32 Å². The van der Waals surface area contributed by atoms with Gasteiger partial charge in [-0.1, -0.05) is 11.3 Å². The Kier molecular flexibility index (Phi) is 3.17.